The van der Waals surface area contributed by atoms with E-state index in [-0.39, 0.29) is 0 Å². The van der Waals surface area contributed by atoms with E-state index >= 15 is 0 Å². The summed E-state index contributed by atoms with van der Waals surface area (Å²) >= 11 is 0. The summed E-state index contributed by atoms with van der Waals surface area (Å²) in [5.74, 6) is 0.949. The number of rotatable bonds is 3. The van der Waals surface area contributed by atoms with Gasteiger partial charge in [-0.3, -0.25) is 0 Å². The average molecular weight is 259 g/mol. The third-order valence-electron chi connectivity index (χ3n) is 3.78. The molecule has 1 saturated heterocycles. The van der Waals surface area contributed by atoms with E-state index < -0.39 is 0 Å². The summed E-state index contributed by atoms with van der Waals surface area (Å²) < 4.78 is 1.87. The van der Waals surface area contributed by atoms with Gasteiger partial charge in [-0.15, -0.1) is 0 Å². The maximum Gasteiger partial charge on any atom is 0.155 e. The molecule has 0 amide bonds. The molecule has 0 atom stereocenters. The van der Waals surface area contributed by atoms with Crippen LogP contribution in [0.25, 0.3) is 5.65 Å². The molecule has 1 aliphatic heterocycles. The molecule has 0 spiro atoms. The summed E-state index contributed by atoms with van der Waals surface area (Å²) in [4.78, 5) is 9.46. The van der Waals surface area contributed by atoms with Crippen molar-refractivity contribution in [3.05, 3.63) is 29.7 Å². The molecule has 0 aromatic carbocycles. The summed E-state index contributed by atoms with van der Waals surface area (Å²) in [6.45, 7) is 7.78. The first kappa shape index (κ1) is 12.6. The lowest BCUT2D eigenvalue weighted by Crippen LogP contribution is -2.45. The Morgan fingerprint density at radius 1 is 1.21 bits per heavy atom. The third kappa shape index (κ3) is 2.93. The SMILES string of the molecule is Cc1ccn2nc(CCN3CCN(C)CC3)nc2c1. The molecule has 0 radical (unpaired) electrons. The average Bonchev–Trinajstić information content (AvgIpc) is 2.80. The molecule has 5 nitrogen and oxygen atoms in total. The van der Waals surface area contributed by atoms with E-state index in [1.54, 1.807) is 0 Å². The van der Waals surface area contributed by atoms with E-state index in [9.17, 15) is 0 Å². The van der Waals surface area contributed by atoms with Crippen LogP contribution in [-0.2, 0) is 6.42 Å². The Bertz CT molecular complexity index is 554. The first-order chi connectivity index (χ1) is 9.20. The Balaban J connectivity index is 1.62. The fourth-order valence-corrected chi connectivity index (χ4v) is 2.46. The quantitative estimate of drug-likeness (QED) is 0.818. The van der Waals surface area contributed by atoms with Crippen LogP contribution in [0.15, 0.2) is 18.3 Å². The topological polar surface area (TPSA) is 36.7 Å². The molecule has 0 N–H and O–H groups in total. The highest BCUT2D eigenvalue weighted by Crippen LogP contribution is 2.06. The molecule has 5 heteroatoms. The van der Waals surface area contributed by atoms with Crippen molar-refractivity contribution in [2.75, 3.05) is 39.8 Å². The fourth-order valence-electron chi connectivity index (χ4n) is 2.46. The van der Waals surface area contributed by atoms with Crippen LogP contribution in [0, 0.1) is 6.92 Å². The second kappa shape index (κ2) is 5.27. The molecular formula is C14H21N5. The number of hydrogen-bond donors (Lipinski definition) is 0. The molecule has 2 aromatic rings. The number of pyridine rings is 1. The van der Waals surface area contributed by atoms with Gasteiger partial charge in [0.1, 0.15) is 0 Å². The van der Waals surface area contributed by atoms with Crippen molar-refractivity contribution in [3.8, 4) is 0 Å². The number of piperazine rings is 1. The molecule has 0 aliphatic carbocycles. The number of aryl methyl sites for hydroxylation is 1. The predicted molar refractivity (Wildman–Crippen MR) is 75.4 cm³/mol. The van der Waals surface area contributed by atoms with Gasteiger partial charge in [0.2, 0.25) is 0 Å². The molecule has 2 aromatic heterocycles. The van der Waals surface area contributed by atoms with E-state index in [2.05, 4.69) is 46.0 Å². The van der Waals surface area contributed by atoms with E-state index in [1.807, 2.05) is 10.7 Å². The summed E-state index contributed by atoms with van der Waals surface area (Å²) in [5.41, 5.74) is 2.18. The van der Waals surface area contributed by atoms with Crippen molar-refractivity contribution in [3.63, 3.8) is 0 Å². The van der Waals surface area contributed by atoms with Crippen LogP contribution >= 0.6 is 0 Å². The minimum atomic E-state index is 0.935. The second-order valence-corrected chi connectivity index (χ2v) is 5.43. The van der Waals surface area contributed by atoms with Crippen molar-refractivity contribution in [1.29, 1.82) is 0 Å². The molecule has 0 bridgehead atoms. The molecular weight excluding hydrogens is 238 g/mol. The van der Waals surface area contributed by atoms with E-state index in [4.69, 9.17) is 0 Å². The minimum Gasteiger partial charge on any atom is -0.304 e. The van der Waals surface area contributed by atoms with Gasteiger partial charge in [-0.05, 0) is 31.7 Å². The van der Waals surface area contributed by atoms with Crippen molar-refractivity contribution in [2.24, 2.45) is 0 Å². The predicted octanol–water partition coefficient (Wildman–Crippen LogP) is 0.828. The van der Waals surface area contributed by atoms with Gasteiger partial charge < -0.3 is 9.80 Å². The van der Waals surface area contributed by atoms with Crippen molar-refractivity contribution >= 4 is 5.65 Å². The minimum absolute atomic E-state index is 0.935. The van der Waals surface area contributed by atoms with Gasteiger partial charge in [-0.1, -0.05) is 0 Å². The van der Waals surface area contributed by atoms with E-state index in [1.165, 1.54) is 5.56 Å². The zero-order valence-electron chi connectivity index (χ0n) is 11.7. The maximum atomic E-state index is 4.59. The van der Waals surface area contributed by atoms with Gasteiger partial charge in [-0.25, -0.2) is 9.50 Å². The van der Waals surface area contributed by atoms with Crippen LogP contribution in [-0.4, -0.2) is 64.2 Å². The number of nitrogens with zero attached hydrogens (tertiary/aromatic N) is 5. The molecule has 3 heterocycles. The van der Waals surface area contributed by atoms with Crippen LogP contribution < -0.4 is 0 Å². The summed E-state index contributed by atoms with van der Waals surface area (Å²) in [5, 5.41) is 4.52. The molecule has 102 valence electrons. The van der Waals surface area contributed by atoms with E-state index in [0.29, 0.717) is 0 Å². The summed E-state index contributed by atoms with van der Waals surface area (Å²) in [6, 6.07) is 4.14. The molecule has 1 aliphatic rings. The molecule has 0 unspecified atom stereocenters. The van der Waals surface area contributed by atoms with Crippen molar-refractivity contribution in [2.45, 2.75) is 13.3 Å². The first-order valence-electron chi connectivity index (χ1n) is 6.93. The fraction of sp³-hybridized carbons (Fsp3) is 0.571. The lowest BCUT2D eigenvalue weighted by atomic mass is 10.3. The Labute approximate surface area is 113 Å². The zero-order valence-corrected chi connectivity index (χ0v) is 11.7. The lowest BCUT2D eigenvalue weighted by Gasteiger charge is -2.31. The monoisotopic (exact) mass is 259 g/mol. The zero-order chi connectivity index (χ0) is 13.2. The van der Waals surface area contributed by atoms with Crippen LogP contribution in [0.1, 0.15) is 11.4 Å². The van der Waals surface area contributed by atoms with Gasteiger partial charge in [0.15, 0.2) is 11.5 Å². The second-order valence-electron chi connectivity index (χ2n) is 5.43. The Kier molecular flexibility index (Phi) is 3.48. The van der Waals surface area contributed by atoms with Crippen molar-refractivity contribution in [1.82, 2.24) is 24.4 Å². The van der Waals surface area contributed by atoms with Crippen LogP contribution in [0.4, 0.5) is 0 Å². The highest BCUT2D eigenvalue weighted by molar-refractivity contribution is 5.39. The first-order valence-corrected chi connectivity index (χ1v) is 6.93. The van der Waals surface area contributed by atoms with Gasteiger partial charge in [0, 0.05) is 45.3 Å². The standard InChI is InChI=1S/C14H21N5/c1-12-3-6-19-14(11-12)15-13(16-19)4-5-18-9-7-17(2)8-10-18/h3,6,11H,4-5,7-10H2,1-2H3. The highest BCUT2D eigenvalue weighted by atomic mass is 15.3. The maximum absolute atomic E-state index is 4.59. The normalized spacial score (nSPS) is 18.2. The smallest absolute Gasteiger partial charge is 0.155 e. The molecule has 3 rings (SSSR count). The summed E-state index contributed by atoms with van der Waals surface area (Å²) in [6.07, 6.45) is 2.92. The number of likely N-dealkylation sites (N-methyl/N-ethyl adjacent to an activating group) is 1. The lowest BCUT2D eigenvalue weighted by molar-refractivity contribution is 0.155. The van der Waals surface area contributed by atoms with Gasteiger partial charge in [0.05, 0.1) is 0 Å². The number of fused-ring (bicyclic) bond motifs is 1. The largest absolute Gasteiger partial charge is 0.304 e. The molecule has 0 saturated carbocycles. The third-order valence-corrected chi connectivity index (χ3v) is 3.78. The number of aromatic nitrogens is 3. The molecule has 19 heavy (non-hydrogen) atoms. The molecule has 1 fully saturated rings. The van der Waals surface area contributed by atoms with Gasteiger partial charge in [0.25, 0.3) is 0 Å². The Hall–Kier alpha value is -1.46. The van der Waals surface area contributed by atoms with Crippen molar-refractivity contribution < 1.29 is 0 Å². The van der Waals surface area contributed by atoms with Gasteiger partial charge >= 0.3 is 0 Å². The van der Waals surface area contributed by atoms with Gasteiger partial charge in [-0.2, -0.15) is 5.10 Å². The van der Waals surface area contributed by atoms with Crippen LogP contribution in [0.3, 0.4) is 0 Å². The number of hydrogen-bond acceptors (Lipinski definition) is 4. The van der Waals surface area contributed by atoms with Crippen LogP contribution in [0.5, 0.6) is 0 Å². The van der Waals surface area contributed by atoms with E-state index in [0.717, 1.165) is 50.6 Å². The highest BCUT2D eigenvalue weighted by Gasteiger charge is 2.14. The Morgan fingerprint density at radius 2 is 2.00 bits per heavy atom. The van der Waals surface area contributed by atoms with Crippen LogP contribution in [0.2, 0.25) is 0 Å². The Morgan fingerprint density at radius 3 is 2.79 bits per heavy atom. The summed E-state index contributed by atoms with van der Waals surface area (Å²) in [7, 11) is 2.18.